The maximum Gasteiger partial charge on any atom is 0.414 e. The third-order valence-electron chi connectivity index (χ3n) is 7.81. The highest BCUT2D eigenvalue weighted by Crippen LogP contribution is 2.41. The van der Waals surface area contributed by atoms with Crippen molar-refractivity contribution in [3.63, 3.8) is 0 Å². The molecule has 0 radical (unpaired) electrons. The fraction of sp³-hybridized carbons (Fsp3) is 0.414. The van der Waals surface area contributed by atoms with Crippen LogP contribution in [0.5, 0.6) is 0 Å². The molecule has 2 aromatic carbocycles. The summed E-state index contributed by atoms with van der Waals surface area (Å²) in [7, 11) is -0.0146. The van der Waals surface area contributed by atoms with Crippen molar-refractivity contribution in [2.45, 2.75) is 64.1 Å². The van der Waals surface area contributed by atoms with E-state index < -0.39 is 6.09 Å². The zero-order valence-corrected chi connectivity index (χ0v) is 22.3. The predicted octanol–water partition coefficient (Wildman–Crippen LogP) is 7.18. The molecule has 0 bridgehead atoms. The second-order valence-electron chi connectivity index (χ2n) is 10.1. The van der Waals surface area contributed by atoms with E-state index in [0.717, 1.165) is 70.8 Å². The number of hydrogen-bond acceptors (Lipinski definition) is 6. The van der Waals surface area contributed by atoms with Crippen molar-refractivity contribution in [3.05, 3.63) is 64.8 Å². The van der Waals surface area contributed by atoms with Crippen molar-refractivity contribution in [2.75, 3.05) is 18.6 Å². The molecule has 38 heavy (non-hydrogen) atoms. The summed E-state index contributed by atoms with van der Waals surface area (Å²) in [6, 6.07) is 13.4. The van der Waals surface area contributed by atoms with Crippen LogP contribution in [0.1, 0.15) is 62.8 Å². The lowest BCUT2D eigenvalue weighted by atomic mass is 9.92. The monoisotopic (exact) mass is 535 g/mol. The molecule has 1 amide bonds. The van der Waals surface area contributed by atoms with Gasteiger partial charge in [-0.15, -0.1) is 0 Å². The number of nitrogens with zero attached hydrogens (tertiary/aromatic N) is 4. The summed E-state index contributed by atoms with van der Waals surface area (Å²) in [4.78, 5) is 20.0. The van der Waals surface area contributed by atoms with E-state index in [1.807, 2.05) is 26.0 Å². The smallest absolute Gasteiger partial charge is 0.414 e. The summed E-state index contributed by atoms with van der Waals surface area (Å²) in [5.41, 5.74) is 5.42. The van der Waals surface area contributed by atoms with Gasteiger partial charge in [-0.2, -0.15) is 0 Å². The number of benzene rings is 2. The Bertz CT molecular complexity index is 1470. The molecule has 2 fully saturated rings. The minimum Gasteiger partial charge on any atom is -0.449 e. The van der Waals surface area contributed by atoms with E-state index in [1.54, 1.807) is 17.0 Å². The molecule has 2 aromatic heterocycles. The molecule has 198 valence electrons. The van der Waals surface area contributed by atoms with Crippen LogP contribution < -0.4 is 4.90 Å². The molecule has 6 rings (SSSR count). The Hall–Kier alpha value is -3.36. The number of halogens is 1. The van der Waals surface area contributed by atoms with Gasteiger partial charge in [0.05, 0.1) is 30.8 Å². The molecule has 1 saturated carbocycles. The lowest BCUT2D eigenvalue weighted by Crippen LogP contribution is -2.42. The summed E-state index contributed by atoms with van der Waals surface area (Å²) < 4.78 is 26.3. The number of ether oxygens (including phenoxy) is 2. The molecule has 1 aliphatic heterocycles. The van der Waals surface area contributed by atoms with E-state index in [2.05, 4.69) is 27.9 Å². The first-order chi connectivity index (χ1) is 18.9. The second kappa shape index (κ2) is 10.1. The second-order valence-corrected chi connectivity index (χ2v) is 10.5. The number of aromatic nitrogens is 3. The van der Waals surface area contributed by atoms with E-state index in [0.29, 0.717) is 18.1 Å². The topological polar surface area (TPSA) is 82.6 Å². The largest absolute Gasteiger partial charge is 0.449 e. The van der Waals surface area contributed by atoms with Gasteiger partial charge in [0.1, 0.15) is 17.6 Å². The first-order valence-corrected chi connectivity index (χ1v) is 13.4. The third kappa shape index (κ3) is 4.35. The van der Waals surface area contributed by atoms with E-state index in [-0.39, 0.29) is 25.3 Å². The Morgan fingerprint density at radius 3 is 2.58 bits per heavy atom. The molecular weight excluding hydrogens is 504 g/mol. The Kier molecular flexibility index (Phi) is 6.29. The molecule has 1 unspecified atom stereocenters. The molecule has 2 aliphatic rings. The van der Waals surface area contributed by atoms with E-state index >= 15 is 0 Å². The number of carbonyl (C=O) groups is 1. The maximum absolute atomic E-state index is 13.1. The quantitative estimate of drug-likeness (QED) is 0.269. The third-order valence-corrected chi connectivity index (χ3v) is 8.06. The average molecular weight is 536 g/mol. The van der Waals surface area contributed by atoms with Crippen molar-refractivity contribution in [1.29, 1.82) is 0 Å². The Balaban J connectivity index is 1.47. The van der Waals surface area contributed by atoms with E-state index in [1.165, 1.54) is 0 Å². The summed E-state index contributed by atoms with van der Waals surface area (Å²) >= 11 is 6.15. The fourth-order valence-electron chi connectivity index (χ4n) is 5.97. The molecule has 0 N–H and O–H groups in total. The van der Waals surface area contributed by atoms with Crippen LogP contribution in [-0.4, -0.2) is 40.6 Å². The van der Waals surface area contributed by atoms with Gasteiger partial charge in [0.2, 0.25) is 0 Å². The summed E-state index contributed by atoms with van der Waals surface area (Å²) in [5, 5.41) is 4.73. The normalized spacial score (nSPS) is 22.5. The molecule has 0 spiro atoms. The molecular formula is C29H31ClN4O4. The highest BCUT2D eigenvalue weighted by atomic mass is 35.5. The van der Waals surface area contributed by atoms with Gasteiger partial charge in [-0.05, 0) is 81.5 Å². The first kappa shape index (κ1) is 23.7. The van der Waals surface area contributed by atoms with Crippen molar-refractivity contribution in [2.24, 2.45) is 0 Å². The number of rotatable bonds is 5. The number of anilines is 1. The average Bonchev–Trinajstić information content (AvgIpc) is 3.48. The highest BCUT2D eigenvalue weighted by Gasteiger charge is 2.37. The lowest BCUT2D eigenvalue weighted by molar-refractivity contribution is 0.0582. The van der Waals surface area contributed by atoms with Gasteiger partial charge >= 0.3 is 6.09 Å². The number of carbonyl (C=O) groups excluding carboxylic acids is 1. The number of hydrogen-bond donors (Lipinski definition) is 0. The van der Waals surface area contributed by atoms with Crippen molar-refractivity contribution in [3.8, 4) is 11.1 Å². The fourth-order valence-corrected chi connectivity index (χ4v) is 6.10. The zero-order chi connectivity index (χ0) is 27.1. The number of imidazole rings is 1. The van der Waals surface area contributed by atoms with Crippen LogP contribution >= 0.6 is 11.6 Å². The summed E-state index contributed by atoms with van der Waals surface area (Å²) in [5.74, 6) is 1.61. The van der Waals surface area contributed by atoms with E-state index in [4.69, 9.17) is 32.0 Å². The van der Waals surface area contributed by atoms with Crippen LogP contribution in [0.25, 0.3) is 22.2 Å². The van der Waals surface area contributed by atoms with Crippen LogP contribution in [0.2, 0.25) is 5.02 Å². The molecule has 8 nitrogen and oxygen atoms in total. The van der Waals surface area contributed by atoms with Gasteiger partial charge in [0.25, 0.3) is 0 Å². The highest BCUT2D eigenvalue weighted by molar-refractivity contribution is 6.30. The van der Waals surface area contributed by atoms with Gasteiger partial charge in [-0.3, -0.25) is 4.90 Å². The number of amides is 1. The van der Waals surface area contributed by atoms with Crippen molar-refractivity contribution < 1.29 is 20.2 Å². The summed E-state index contributed by atoms with van der Waals surface area (Å²) in [6.45, 7) is 4.18. The first-order valence-electron chi connectivity index (χ1n) is 13.7. The Morgan fingerprint density at radius 2 is 1.87 bits per heavy atom. The van der Waals surface area contributed by atoms with Crippen LogP contribution in [-0.2, 0) is 9.47 Å². The van der Waals surface area contributed by atoms with Gasteiger partial charge < -0.3 is 18.6 Å². The molecule has 1 saturated heterocycles. The SMILES string of the molecule is [2H]CO[C@H]1CC[C@H](n2c(C3CCOC(=O)N3c3ccc(Cl)cc3)nc3cc(-c4c(C)noc4C)ccc32)CC1. The standard InChI is InChI=1S/C29H31ClN4O4/c1-17-27(18(2)38-32-17)19-4-13-25-24(16-19)31-28(33(25)21-9-11-23(36-3)12-10-21)26-14-15-37-29(35)34(26)22-7-5-20(30)6-8-22/h4-8,13,16,21,23,26H,9-12,14-15H2,1-3H3/t21-,23-,26?/i3D. The number of fused-ring (bicyclic) bond motifs is 1. The van der Waals surface area contributed by atoms with E-state index in [9.17, 15) is 4.79 Å². The van der Waals surface area contributed by atoms with Gasteiger partial charge in [0, 0.05) is 35.8 Å². The Labute approximate surface area is 227 Å². The van der Waals surface area contributed by atoms with Gasteiger partial charge in [0.15, 0.2) is 0 Å². The predicted molar refractivity (Wildman–Crippen MR) is 146 cm³/mol. The van der Waals surface area contributed by atoms with Crippen molar-refractivity contribution in [1.82, 2.24) is 14.7 Å². The molecule has 4 aromatic rings. The number of aryl methyl sites for hydroxylation is 2. The molecule has 9 heteroatoms. The molecule has 1 atom stereocenters. The van der Waals surface area contributed by atoms with Crippen LogP contribution in [0.15, 0.2) is 47.0 Å². The van der Waals surface area contributed by atoms with Crippen LogP contribution in [0.4, 0.5) is 10.5 Å². The number of cyclic esters (lactones) is 1. The number of methoxy groups -OCH3 is 1. The van der Waals surface area contributed by atoms with Crippen LogP contribution in [0.3, 0.4) is 0 Å². The molecule has 1 aliphatic carbocycles. The maximum atomic E-state index is 13.1. The molecule has 3 heterocycles. The van der Waals surface area contributed by atoms with Gasteiger partial charge in [-0.1, -0.05) is 22.8 Å². The Morgan fingerprint density at radius 1 is 1.08 bits per heavy atom. The summed E-state index contributed by atoms with van der Waals surface area (Å²) in [6.07, 6.45) is 3.92. The zero-order valence-electron chi connectivity index (χ0n) is 22.5. The van der Waals surface area contributed by atoms with Gasteiger partial charge in [-0.25, -0.2) is 9.78 Å². The lowest BCUT2D eigenvalue weighted by Gasteiger charge is -2.37. The van der Waals surface area contributed by atoms with Crippen LogP contribution in [0, 0.1) is 13.8 Å². The minimum atomic E-state index is -0.392. The van der Waals surface area contributed by atoms with Crippen molar-refractivity contribution >= 4 is 34.4 Å². The minimum absolute atomic E-state index is 0.0146.